The minimum Gasteiger partial charge on any atom is -0.357 e. The summed E-state index contributed by atoms with van der Waals surface area (Å²) < 4.78 is 0. The normalized spacial score (nSPS) is 16.7. The first kappa shape index (κ1) is 15.0. The van der Waals surface area contributed by atoms with Crippen molar-refractivity contribution in [2.24, 2.45) is 0 Å². The molecule has 0 radical (unpaired) electrons. The molecule has 0 saturated carbocycles. The van der Waals surface area contributed by atoms with Crippen molar-refractivity contribution in [3.63, 3.8) is 0 Å². The molecule has 0 saturated heterocycles. The molecule has 1 atom stereocenters. The Balaban J connectivity index is 1.45. The average molecular weight is 315 g/mol. The van der Waals surface area contributed by atoms with Gasteiger partial charge in [-0.2, -0.15) is 5.26 Å². The van der Waals surface area contributed by atoms with Gasteiger partial charge in [-0.15, -0.1) is 0 Å². The summed E-state index contributed by atoms with van der Waals surface area (Å²) in [7, 11) is 0. The number of hydrogen-bond donors (Lipinski definition) is 2. The largest absolute Gasteiger partial charge is 0.357 e. The number of rotatable bonds is 4. The first-order valence-corrected chi connectivity index (χ1v) is 8.67. The lowest BCUT2D eigenvalue weighted by Gasteiger charge is -2.24. The molecule has 0 fully saturated rings. The molecule has 4 rings (SSSR count). The van der Waals surface area contributed by atoms with E-state index in [0.717, 1.165) is 18.5 Å². The van der Waals surface area contributed by atoms with Crippen molar-refractivity contribution in [1.29, 1.82) is 5.26 Å². The van der Waals surface area contributed by atoms with Gasteiger partial charge in [0.1, 0.15) is 0 Å². The molecule has 3 heteroatoms. The van der Waals surface area contributed by atoms with Gasteiger partial charge < -0.3 is 10.3 Å². The van der Waals surface area contributed by atoms with Gasteiger partial charge in [0.25, 0.3) is 0 Å². The van der Waals surface area contributed by atoms with Gasteiger partial charge in [0.15, 0.2) is 0 Å². The van der Waals surface area contributed by atoms with Gasteiger partial charge >= 0.3 is 0 Å². The maximum Gasteiger partial charge on any atom is 0.0991 e. The molecule has 24 heavy (non-hydrogen) atoms. The Hall–Kier alpha value is -2.57. The summed E-state index contributed by atoms with van der Waals surface area (Å²) in [4.78, 5) is 3.63. The Morgan fingerprint density at radius 1 is 1.12 bits per heavy atom. The second-order valence-electron chi connectivity index (χ2n) is 6.52. The number of aromatic amines is 1. The molecular weight excluding hydrogens is 294 g/mol. The van der Waals surface area contributed by atoms with Gasteiger partial charge in [-0.25, -0.2) is 0 Å². The minimum absolute atomic E-state index is 0.416. The summed E-state index contributed by atoms with van der Waals surface area (Å²) in [5.41, 5.74) is 6.12. The van der Waals surface area contributed by atoms with Crippen molar-refractivity contribution in [3.8, 4) is 6.07 Å². The van der Waals surface area contributed by atoms with E-state index in [2.05, 4.69) is 52.8 Å². The van der Waals surface area contributed by atoms with Gasteiger partial charge in [0.2, 0.25) is 0 Å². The van der Waals surface area contributed by atoms with E-state index in [1.807, 2.05) is 12.1 Å². The molecule has 3 aromatic rings. The van der Waals surface area contributed by atoms with Crippen molar-refractivity contribution in [2.45, 2.75) is 31.7 Å². The Kier molecular flexibility index (Phi) is 4.06. The monoisotopic (exact) mass is 315 g/mol. The number of nitriles is 1. The number of aryl methyl sites for hydroxylation is 1. The van der Waals surface area contributed by atoms with Crippen LogP contribution in [0.25, 0.3) is 10.9 Å². The highest BCUT2D eigenvalue weighted by atomic mass is 14.9. The number of nitrogens with one attached hydrogen (secondary N) is 2. The predicted molar refractivity (Wildman–Crippen MR) is 96.8 cm³/mol. The lowest BCUT2D eigenvalue weighted by molar-refractivity contribution is 0.456. The summed E-state index contributed by atoms with van der Waals surface area (Å²) in [6.45, 7) is 0.950. The quantitative estimate of drug-likeness (QED) is 0.756. The summed E-state index contributed by atoms with van der Waals surface area (Å²) in [5, 5.41) is 14.0. The molecule has 1 aliphatic rings. The third-order valence-corrected chi connectivity index (χ3v) is 5.00. The number of aromatic nitrogens is 1. The van der Waals surface area contributed by atoms with Crippen LogP contribution < -0.4 is 5.32 Å². The number of hydrogen-bond acceptors (Lipinski definition) is 2. The standard InChI is InChI=1S/C21H21N3/c22-14-16-10-8-15(9-11-16)12-13-23-20-7-3-5-18-17-4-1-2-6-19(17)24-21(18)20/h1-2,4,6,8-11,20,23-24H,3,5,7,12-13H2. The van der Waals surface area contributed by atoms with Crippen molar-refractivity contribution >= 4 is 10.9 Å². The molecule has 120 valence electrons. The summed E-state index contributed by atoms with van der Waals surface area (Å²) in [6, 6.07) is 19.1. The van der Waals surface area contributed by atoms with Crippen LogP contribution in [0, 0.1) is 11.3 Å². The Morgan fingerprint density at radius 3 is 2.79 bits per heavy atom. The van der Waals surface area contributed by atoms with E-state index < -0.39 is 0 Å². The van der Waals surface area contributed by atoms with Crippen LogP contribution in [0.3, 0.4) is 0 Å². The fraction of sp³-hybridized carbons (Fsp3) is 0.286. The highest BCUT2D eigenvalue weighted by molar-refractivity contribution is 5.85. The second-order valence-corrected chi connectivity index (χ2v) is 6.52. The van der Waals surface area contributed by atoms with Crippen LogP contribution in [0.1, 0.15) is 41.3 Å². The van der Waals surface area contributed by atoms with E-state index in [1.165, 1.54) is 47.0 Å². The predicted octanol–water partition coefficient (Wildman–Crippen LogP) is 4.25. The van der Waals surface area contributed by atoms with E-state index in [4.69, 9.17) is 5.26 Å². The molecule has 1 unspecified atom stereocenters. The van der Waals surface area contributed by atoms with Crippen molar-refractivity contribution in [3.05, 3.63) is 70.9 Å². The number of nitrogens with zero attached hydrogens (tertiary/aromatic N) is 1. The molecular formula is C21H21N3. The summed E-state index contributed by atoms with van der Waals surface area (Å²) in [5.74, 6) is 0. The SMILES string of the molecule is N#Cc1ccc(CCNC2CCCc3c2[nH]c2ccccc32)cc1. The van der Waals surface area contributed by atoms with Crippen molar-refractivity contribution in [2.75, 3.05) is 6.54 Å². The van der Waals surface area contributed by atoms with E-state index in [0.29, 0.717) is 6.04 Å². The Labute approximate surface area is 142 Å². The van der Waals surface area contributed by atoms with Gasteiger partial charge in [-0.1, -0.05) is 30.3 Å². The highest BCUT2D eigenvalue weighted by Gasteiger charge is 2.23. The molecule has 1 heterocycles. The van der Waals surface area contributed by atoms with Crippen LogP contribution in [-0.4, -0.2) is 11.5 Å². The highest BCUT2D eigenvalue weighted by Crippen LogP contribution is 2.34. The third kappa shape index (κ3) is 2.81. The van der Waals surface area contributed by atoms with E-state index in [9.17, 15) is 0 Å². The zero-order valence-corrected chi connectivity index (χ0v) is 13.7. The van der Waals surface area contributed by atoms with Crippen molar-refractivity contribution < 1.29 is 0 Å². The summed E-state index contributed by atoms with van der Waals surface area (Å²) >= 11 is 0. The first-order valence-electron chi connectivity index (χ1n) is 8.67. The number of fused-ring (bicyclic) bond motifs is 3. The Morgan fingerprint density at radius 2 is 1.96 bits per heavy atom. The number of H-pyrrole nitrogens is 1. The van der Waals surface area contributed by atoms with Gasteiger partial charge in [0.05, 0.1) is 11.6 Å². The van der Waals surface area contributed by atoms with Crippen LogP contribution in [0.5, 0.6) is 0 Å². The topological polar surface area (TPSA) is 51.6 Å². The van der Waals surface area contributed by atoms with Crippen molar-refractivity contribution in [1.82, 2.24) is 10.3 Å². The van der Waals surface area contributed by atoms with Crippen LogP contribution in [0.15, 0.2) is 48.5 Å². The minimum atomic E-state index is 0.416. The first-order chi connectivity index (χ1) is 11.8. The zero-order valence-electron chi connectivity index (χ0n) is 13.7. The average Bonchev–Trinajstić information content (AvgIpc) is 3.02. The molecule has 0 bridgehead atoms. The van der Waals surface area contributed by atoms with Gasteiger partial charge in [-0.3, -0.25) is 0 Å². The molecule has 3 nitrogen and oxygen atoms in total. The molecule has 0 spiro atoms. The van der Waals surface area contributed by atoms with Crippen LogP contribution >= 0.6 is 0 Å². The fourth-order valence-corrected chi connectivity index (χ4v) is 3.76. The molecule has 0 aliphatic heterocycles. The molecule has 0 amide bonds. The lowest BCUT2D eigenvalue weighted by atomic mass is 9.91. The Bertz CT molecular complexity index is 884. The van der Waals surface area contributed by atoms with Crippen LogP contribution in [0.4, 0.5) is 0 Å². The van der Waals surface area contributed by atoms with E-state index >= 15 is 0 Å². The maximum atomic E-state index is 8.86. The number of benzene rings is 2. The molecule has 2 aromatic carbocycles. The van der Waals surface area contributed by atoms with Crippen LogP contribution in [0.2, 0.25) is 0 Å². The lowest BCUT2D eigenvalue weighted by Crippen LogP contribution is -2.27. The van der Waals surface area contributed by atoms with E-state index in [1.54, 1.807) is 0 Å². The summed E-state index contributed by atoms with van der Waals surface area (Å²) in [6.07, 6.45) is 4.58. The number of para-hydroxylation sites is 1. The smallest absolute Gasteiger partial charge is 0.0991 e. The van der Waals surface area contributed by atoms with Gasteiger partial charge in [-0.05, 0) is 61.6 Å². The third-order valence-electron chi connectivity index (χ3n) is 5.00. The fourth-order valence-electron chi connectivity index (χ4n) is 3.76. The van der Waals surface area contributed by atoms with E-state index in [-0.39, 0.29) is 0 Å². The molecule has 1 aromatic heterocycles. The molecule has 2 N–H and O–H groups in total. The van der Waals surface area contributed by atoms with Crippen LogP contribution in [-0.2, 0) is 12.8 Å². The maximum absolute atomic E-state index is 8.86. The second kappa shape index (κ2) is 6.51. The molecule has 1 aliphatic carbocycles. The van der Waals surface area contributed by atoms with Gasteiger partial charge in [0, 0.05) is 22.6 Å². The zero-order chi connectivity index (χ0) is 16.4.